The molecule has 154 valence electrons. The zero-order valence-corrected chi connectivity index (χ0v) is 18.8. The van der Waals surface area contributed by atoms with Crippen LogP contribution in [0.25, 0.3) is 0 Å². The van der Waals surface area contributed by atoms with Crippen molar-refractivity contribution in [2.24, 2.45) is 0 Å². The Morgan fingerprint density at radius 3 is 1.57 bits per heavy atom. The predicted molar refractivity (Wildman–Crippen MR) is 126 cm³/mol. The summed E-state index contributed by atoms with van der Waals surface area (Å²) in [5.41, 5.74) is 6.11. The van der Waals surface area contributed by atoms with Gasteiger partial charge in [-0.05, 0) is 83.4 Å². The fourth-order valence-electron chi connectivity index (χ4n) is 3.62. The molecule has 1 aliphatic heterocycles. The van der Waals surface area contributed by atoms with Crippen LogP contribution in [0.2, 0.25) is 0 Å². The summed E-state index contributed by atoms with van der Waals surface area (Å²) >= 11 is 0. The van der Waals surface area contributed by atoms with Crippen molar-refractivity contribution in [1.82, 2.24) is 0 Å². The summed E-state index contributed by atoms with van der Waals surface area (Å²) in [5, 5.41) is 0. The van der Waals surface area contributed by atoms with Crippen molar-refractivity contribution in [3.8, 4) is 0 Å². The Morgan fingerprint density at radius 1 is 0.633 bits per heavy atom. The first-order valence-electron chi connectivity index (χ1n) is 10.6. The molecule has 0 aliphatic carbocycles. The second-order valence-electron chi connectivity index (χ2n) is 9.19. The molecule has 4 rings (SSSR count). The third-order valence-corrected chi connectivity index (χ3v) is 6.24. The predicted octanol–water partition coefficient (Wildman–Crippen LogP) is 6.07. The minimum atomic E-state index is -0.382. The Bertz CT molecular complexity index is 964. The third-order valence-electron chi connectivity index (χ3n) is 6.24. The molecule has 0 amide bonds. The largest absolute Gasteiger partial charge is 0.494 e. The van der Waals surface area contributed by atoms with Crippen LogP contribution in [0.5, 0.6) is 0 Å². The molecule has 1 aliphatic rings. The van der Waals surface area contributed by atoms with Gasteiger partial charge < -0.3 is 14.2 Å². The maximum absolute atomic E-state index is 6.29. The van der Waals surface area contributed by atoms with E-state index < -0.39 is 0 Å². The monoisotopic (exact) mass is 399 g/mol. The average Bonchev–Trinajstić information content (AvgIpc) is 2.93. The first kappa shape index (κ1) is 20.7. The molecule has 4 heteroatoms. The molecule has 0 saturated carbocycles. The van der Waals surface area contributed by atoms with Crippen molar-refractivity contribution in [3.63, 3.8) is 0 Å². The quantitative estimate of drug-likeness (QED) is 0.497. The molecule has 0 spiro atoms. The molecular formula is C26H30BNO2. The van der Waals surface area contributed by atoms with Crippen LogP contribution < -0.4 is 10.4 Å². The van der Waals surface area contributed by atoms with Crippen LogP contribution in [-0.4, -0.2) is 18.3 Å². The standard InChI is InChI=1S/C26H30BNO2/c1-19-10-14-22(15-11-19)28(23-16-12-20(2)13-17-23)24-9-7-8-21(18-24)27-29-25(3,4)26(5,6)30-27/h7-18H,1-6H3. The smallest absolute Gasteiger partial charge is 0.399 e. The minimum Gasteiger partial charge on any atom is -0.399 e. The first-order chi connectivity index (χ1) is 14.2. The molecule has 3 aromatic rings. The zero-order valence-electron chi connectivity index (χ0n) is 18.8. The van der Waals surface area contributed by atoms with Crippen LogP contribution in [0.1, 0.15) is 38.8 Å². The molecule has 3 aromatic carbocycles. The van der Waals surface area contributed by atoms with E-state index in [1.54, 1.807) is 0 Å². The van der Waals surface area contributed by atoms with Crippen molar-refractivity contribution >= 4 is 29.6 Å². The van der Waals surface area contributed by atoms with Gasteiger partial charge in [-0.3, -0.25) is 0 Å². The normalized spacial score (nSPS) is 17.2. The van der Waals surface area contributed by atoms with Crippen molar-refractivity contribution in [3.05, 3.63) is 83.9 Å². The van der Waals surface area contributed by atoms with Crippen LogP contribution in [0.15, 0.2) is 72.8 Å². The Balaban J connectivity index is 1.76. The third kappa shape index (κ3) is 3.90. The summed E-state index contributed by atoms with van der Waals surface area (Å²) in [6.07, 6.45) is 0. The van der Waals surface area contributed by atoms with Gasteiger partial charge in [-0.25, -0.2) is 0 Å². The Labute approximate surface area is 180 Å². The fourth-order valence-corrected chi connectivity index (χ4v) is 3.62. The highest BCUT2D eigenvalue weighted by Gasteiger charge is 2.51. The number of hydrogen-bond acceptors (Lipinski definition) is 3. The molecular weight excluding hydrogens is 369 g/mol. The second kappa shape index (κ2) is 7.61. The first-order valence-corrected chi connectivity index (χ1v) is 10.6. The number of hydrogen-bond donors (Lipinski definition) is 0. The Morgan fingerprint density at radius 2 is 1.10 bits per heavy atom. The van der Waals surface area contributed by atoms with E-state index >= 15 is 0 Å². The molecule has 1 saturated heterocycles. The average molecular weight is 399 g/mol. The summed E-state index contributed by atoms with van der Waals surface area (Å²) in [4.78, 5) is 2.27. The molecule has 1 heterocycles. The van der Waals surface area contributed by atoms with E-state index in [9.17, 15) is 0 Å². The summed E-state index contributed by atoms with van der Waals surface area (Å²) in [5.74, 6) is 0. The molecule has 0 N–H and O–H groups in total. The van der Waals surface area contributed by atoms with Gasteiger partial charge in [-0.1, -0.05) is 47.5 Å². The Hall–Kier alpha value is -2.56. The second-order valence-corrected chi connectivity index (χ2v) is 9.19. The molecule has 0 aromatic heterocycles. The lowest BCUT2D eigenvalue weighted by Crippen LogP contribution is -2.41. The number of aryl methyl sites for hydroxylation is 2. The lowest BCUT2D eigenvalue weighted by Gasteiger charge is -2.32. The minimum absolute atomic E-state index is 0.360. The fraction of sp³-hybridized carbons (Fsp3) is 0.308. The lowest BCUT2D eigenvalue weighted by atomic mass is 9.79. The summed E-state index contributed by atoms with van der Waals surface area (Å²) in [6.45, 7) is 12.6. The van der Waals surface area contributed by atoms with Gasteiger partial charge >= 0.3 is 7.12 Å². The van der Waals surface area contributed by atoms with Crippen LogP contribution in [0.3, 0.4) is 0 Å². The van der Waals surface area contributed by atoms with E-state index in [1.165, 1.54) is 11.1 Å². The van der Waals surface area contributed by atoms with Gasteiger partial charge in [0.25, 0.3) is 0 Å². The highest BCUT2D eigenvalue weighted by molar-refractivity contribution is 6.62. The number of benzene rings is 3. The molecule has 0 atom stereocenters. The molecule has 30 heavy (non-hydrogen) atoms. The van der Waals surface area contributed by atoms with Crippen molar-refractivity contribution in [2.45, 2.75) is 52.7 Å². The number of nitrogens with zero attached hydrogens (tertiary/aromatic N) is 1. The highest BCUT2D eigenvalue weighted by atomic mass is 16.7. The van der Waals surface area contributed by atoms with Crippen molar-refractivity contribution in [2.75, 3.05) is 4.90 Å². The maximum atomic E-state index is 6.29. The molecule has 0 unspecified atom stereocenters. The van der Waals surface area contributed by atoms with Crippen LogP contribution in [0, 0.1) is 13.8 Å². The van der Waals surface area contributed by atoms with E-state index in [2.05, 4.69) is 119 Å². The van der Waals surface area contributed by atoms with Gasteiger partial charge in [-0.2, -0.15) is 0 Å². The SMILES string of the molecule is Cc1ccc(N(c2ccc(C)cc2)c2cccc(B3OC(C)(C)C(C)(C)O3)c2)cc1. The zero-order chi connectivity index (χ0) is 21.5. The van der Waals surface area contributed by atoms with E-state index in [4.69, 9.17) is 9.31 Å². The molecule has 0 radical (unpaired) electrons. The highest BCUT2D eigenvalue weighted by Crippen LogP contribution is 2.38. The molecule has 3 nitrogen and oxygen atoms in total. The summed E-state index contributed by atoms with van der Waals surface area (Å²) in [7, 11) is -0.382. The lowest BCUT2D eigenvalue weighted by molar-refractivity contribution is 0.00578. The van der Waals surface area contributed by atoms with E-state index in [0.29, 0.717) is 0 Å². The van der Waals surface area contributed by atoms with Gasteiger partial charge in [0.15, 0.2) is 0 Å². The Kier molecular flexibility index (Phi) is 5.25. The van der Waals surface area contributed by atoms with E-state index in [-0.39, 0.29) is 18.3 Å². The molecule has 0 bridgehead atoms. The van der Waals surface area contributed by atoms with Gasteiger partial charge in [0, 0.05) is 17.1 Å². The van der Waals surface area contributed by atoms with Crippen LogP contribution in [-0.2, 0) is 9.31 Å². The summed E-state index contributed by atoms with van der Waals surface area (Å²) in [6, 6.07) is 25.7. The number of rotatable bonds is 4. The van der Waals surface area contributed by atoms with E-state index in [1.807, 2.05) is 0 Å². The van der Waals surface area contributed by atoms with Crippen LogP contribution in [0.4, 0.5) is 17.1 Å². The van der Waals surface area contributed by atoms with Crippen molar-refractivity contribution in [1.29, 1.82) is 0 Å². The summed E-state index contributed by atoms with van der Waals surface area (Å²) < 4.78 is 12.6. The van der Waals surface area contributed by atoms with Gasteiger partial charge in [0.2, 0.25) is 0 Å². The van der Waals surface area contributed by atoms with E-state index in [0.717, 1.165) is 22.5 Å². The van der Waals surface area contributed by atoms with Crippen molar-refractivity contribution < 1.29 is 9.31 Å². The topological polar surface area (TPSA) is 21.7 Å². The molecule has 1 fully saturated rings. The number of anilines is 3. The van der Waals surface area contributed by atoms with Gasteiger partial charge in [0.1, 0.15) is 0 Å². The maximum Gasteiger partial charge on any atom is 0.494 e. The van der Waals surface area contributed by atoms with Gasteiger partial charge in [0.05, 0.1) is 11.2 Å². The van der Waals surface area contributed by atoms with Crippen LogP contribution >= 0.6 is 0 Å². The van der Waals surface area contributed by atoms with Gasteiger partial charge in [-0.15, -0.1) is 0 Å².